The fraction of sp³-hybridized carbons (Fsp3) is 0.357. The van der Waals surface area contributed by atoms with Crippen LogP contribution in [0, 0.1) is 22.5 Å². The zero-order valence-electron chi connectivity index (χ0n) is 11.1. The van der Waals surface area contributed by atoms with Gasteiger partial charge in [-0.1, -0.05) is 31.4 Å². The Kier molecular flexibility index (Phi) is 5.69. The van der Waals surface area contributed by atoms with Gasteiger partial charge in [0.1, 0.15) is 5.56 Å². The number of aromatic carboxylic acids is 1. The molecule has 1 rings (SSSR count). The Morgan fingerprint density at radius 3 is 2.80 bits per heavy atom. The maximum absolute atomic E-state index is 11.2. The van der Waals surface area contributed by atoms with Crippen LogP contribution >= 0.6 is 0 Å². The summed E-state index contributed by atoms with van der Waals surface area (Å²) in [5.41, 5.74) is -0.357. The molecule has 2 N–H and O–H groups in total. The normalized spacial score (nSPS) is 11.6. The standard InChI is InChI=1S/C14H16N2O4/c1-3-6-11(4-2)15-9-10-7-5-8-12(16(19)20)13(10)14(17)18/h2,5,7-8,11,15H,3,6,9H2,1H3,(H,17,18). The summed E-state index contributed by atoms with van der Waals surface area (Å²) in [6.45, 7) is 2.17. The van der Waals surface area contributed by atoms with E-state index in [9.17, 15) is 14.9 Å². The first kappa shape index (κ1) is 15.7. The fourth-order valence-electron chi connectivity index (χ4n) is 1.90. The molecule has 106 valence electrons. The van der Waals surface area contributed by atoms with Gasteiger partial charge in [-0.05, 0) is 12.0 Å². The van der Waals surface area contributed by atoms with E-state index in [1.54, 1.807) is 6.07 Å². The zero-order chi connectivity index (χ0) is 15.1. The van der Waals surface area contributed by atoms with E-state index in [0.717, 1.165) is 12.8 Å². The highest BCUT2D eigenvalue weighted by atomic mass is 16.6. The van der Waals surface area contributed by atoms with Gasteiger partial charge >= 0.3 is 5.97 Å². The number of benzene rings is 1. The number of nitrogens with zero attached hydrogens (tertiary/aromatic N) is 1. The SMILES string of the molecule is C#CC(CCC)NCc1cccc([N+](=O)[O-])c1C(=O)O. The number of nitro groups is 1. The van der Waals surface area contributed by atoms with E-state index in [1.807, 2.05) is 6.92 Å². The molecule has 6 nitrogen and oxygen atoms in total. The third-order valence-electron chi connectivity index (χ3n) is 2.86. The lowest BCUT2D eigenvalue weighted by Gasteiger charge is -2.13. The highest BCUT2D eigenvalue weighted by Crippen LogP contribution is 2.22. The van der Waals surface area contributed by atoms with Gasteiger partial charge in [0.05, 0.1) is 11.0 Å². The number of nitrogens with one attached hydrogen (secondary N) is 1. The molecule has 0 aliphatic rings. The van der Waals surface area contributed by atoms with E-state index in [4.69, 9.17) is 11.5 Å². The van der Waals surface area contributed by atoms with E-state index >= 15 is 0 Å². The monoisotopic (exact) mass is 276 g/mol. The van der Waals surface area contributed by atoms with Gasteiger partial charge in [-0.2, -0.15) is 0 Å². The van der Waals surface area contributed by atoms with Crippen LogP contribution in [-0.2, 0) is 6.54 Å². The average Bonchev–Trinajstić information content (AvgIpc) is 2.42. The van der Waals surface area contributed by atoms with Crippen LogP contribution in [0.15, 0.2) is 18.2 Å². The molecule has 0 amide bonds. The minimum atomic E-state index is -1.32. The van der Waals surface area contributed by atoms with Crippen molar-refractivity contribution in [2.75, 3.05) is 0 Å². The fourth-order valence-corrected chi connectivity index (χ4v) is 1.90. The van der Waals surface area contributed by atoms with Crippen molar-refractivity contribution in [1.82, 2.24) is 5.32 Å². The summed E-state index contributed by atoms with van der Waals surface area (Å²) in [6, 6.07) is 4.01. The van der Waals surface area contributed by atoms with E-state index in [2.05, 4.69) is 11.2 Å². The van der Waals surface area contributed by atoms with Crippen molar-refractivity contribution in [3.63, 3.8) is 0 Å². The summed E-state index contributed by atoms with van der Waals surface area (Å²) in [5.74, 6) is 1.25. The van der Waals surface area contributed by atoms with Gasteiger partial charge in [-0.3, -0.25) is 15.4 Å². The summed E-state index contributed by atoms with van der Waals surface area (Å²) in [4.78, 5) is 21.4. The van der Waals surface area contributed by atoms with Crippen LogP contribution in [0.3, 0.4) is 0 Å². The van der Waals surface area contributed by atoms with E-state index < -0.39 is 16.6 Å². The number of hydrogen-bond acceptors (Lipinski definition) is 4. The van der Waals surface area contributed by atoms with Crippen LogP contribution in [0.4, 0.5) is 5.69 Å². The molecule has 1 aromatic rings. The maximum Gasteiger partial charge on any atom is 0.343 e. The lowest BCUT2D eigenvalue weighted by molar-refractivity contribution is -0.385. The largest absolute Gasteiger partial charge is 0.477 e. The Hall–Kier alpha value is -2.39. The summed E-state index contributed by atoms with van der Waals surface area (Å²) in [5, 5.41) is 23.0. The van der Waals surface area contributed by atoms with Crippen LogP contribution in [-0.4, -0.2) is 22.0 Å². The molecule has 1 atom stereocenters. The zero-order valence-corrected chi connectivity index (χ0v) is 11.1. The first-order chi connectivity index (χ1) is 9.51. The predicted octanol–water partition coefficient (Wildman–Crippen LogP) is 2.18. The summed E-state index contributed by atoms with van der Waals surface area (Å²) in [6.07, 6.45) is 7.01. The highest BCUT2D eigenvalue weighted by molar-refractivity contribution is 5.94. The number of hydrogen-bond donors (Lipinski definition) is 2. The first-order valence-corrected chi connectivity index (χ1v) is 6.20. The summed E-state index contributed by atoms with van der Waals surface area (Å²) in [7, 11) is 0. The van der Waals surface area contributed by atoms with Crippen molar-refractivity contribution in [2.24, 2.45) is 0 Å². The molecule has 20 heavy (non-hydrogen) atoms. The van der Waals surface area contributed by atoms with Crippen molar-refractivity contribution in [2.45, 2.75) is 32.4 Å². The number of carboxylic acid groups (broad SMARTS) is 1. The molecular formula is C14H16N2O4. The van der Waals surface area contributed by atoms with Crippen LogP contribution in [0.1, 0.15) is 35.7 Å². The first-order valence-electron chi connectivity index (χ1n) is 6.20. The molecule has 0 aliphatic heterocycles. The number of terminal acetylenes is 1. The van der Waals surface area contributed by atoms with Crippen molar-refractivity contribution in [3.8, 4) is 12.3 Å². The molecule has 0 saturated carbocycles. The second-order valence-corrected chi connectivity index (χ2v) is 4.26. The van der Waals surface area contributed by atoms with Crippen molar-refractivity contribution in [3.05, 3.63) is 39.4 Å². The lowest BCUT2D eigenvalue weighted by atomic mass is 10.0. The van der Waals surface area contributed by atoms with Gasteiger partial charge in [0.15, 0.2) is 0 Å². The maximum atomic E-state index is 11.2. The predicted molar refractivity (Wildman–Crippen MR) is 74.4 cm³/mol. The van der Waals surface area contributed by atoms with Gasteiger partial charge in [0, 0.05) is 12.6 Å². The van der Waals surface area contributed by atoms with Crippen molar-refractivity contribution >= 4 is 11.7 Å². The molecule has 0 radical (unpaired) electrons. The Bertz CT molecular complexity index is 549. The van der Waals surface area contributed by atoms with E-state index in [-0.39, 0.29) is 18.2 Å². The third-order valence-corrected chi connectivity index (χ3v) is 2.86. The molecule has 0 bridgehead atoms. The topological polar surface area (TPSA) is 92.5 Å². The van der Waals surface area contributed by atoms with Crippen LogP contribution in [0.2, 0.25) is 0 Å². The Balaban J connectivity index is 3.01. The second kappa shape index (κ2) is 7.26. The number of carboxylic acids is 1. The van der Waals surface area contributed by atoms with Crippen LogP contribution in [0.5, 0.6) is 0 Å². The molecule has 0 heterocycles. The van der Waals surface area contributed by atoms with E-state index in [1.165, 1.54) is 12.1 Å². The molecule has 0 aliphatic carbocycles. The lowest BCUT2D eigenvalue weighted by Crippen LogP contribution is -2.27. The number of rotatable bonds is 7. The molecular weight excluding hydrogens is 260 g/mol. The Morgan fingerprint density at radius 2 is 2.30 bits per heavy atom. The number of carbonyl (C=O) groups is 1. The molecule has 0 aromatic heterocycles. The van der Waals surface area contributed by atoms with E-state index in [0.29, 0.717) is 5.56 Å². The smallest absolute Gasteiger partial charge is 0.343 e. The van der Waals surface area contributed by atoms with Crippen LogP contribution < -0.4 is 5.32 Å². The summed E-state index contributed by atoms with van der Waals surface area (Å²) < 4.78 is 0. The summed E-state index contributed by atoms with van der Waals surface area (Å²) >= 11 is 0. The number of nitro benzene ring substituents is 1. The van der Waals surface area contributed by atoms with Crippen molar-refractivity contribution in [1.29, 1.82) is 0 Å². The van der Waals surface area contributed by atoms with Crippen LogP contribution in [0.25, 0.3) is 0 Å². The second-order valence-electron chi connectivity index (χ2n) is 4.26. The molecule has 0 spiro atoms. The quantitative estimate of drug-likeness (QED) is 0.452. The van der Waals surface area contributed by atoms with Gasteiger partial charge < -0.3 is 5.11 Å². The molecule has 0 fully saturated rings. The minimum Gasteiger partial charge on any atom is -0.477 e. The van der Waals surface area contributed by atoms with Gasteiger partial charge in [0.2, 0.25) is 0 Å². The Labute approximate surface area is 117 Å². The Morgan fingerprint density at radius 1 is 1.60 bits per heavy atom. The van der Waals surface area contributed by atoms with Gasteiger partial charge in [-0.25, -0.2) is 4.79 Å². The van der Waals surface area contributed by atoms with Gasteiger partial charge in [0.25, 0.3) is 5.69 Å². The molecule has 1 aromatic carbocycles. The highest BCUT2D eigenvalue weighted by Gasteiger charge is 2.23. The minimum absolute atomic E-state index is 0.179. The average molecular weight is 276 g/mol. The van der Waals surface area contributed by atoms with Crippen molar-refractivity contribution < 1.29 is 14.8 Å². The van der Waals surface area contributed by atoms with Gasteiger partial charge in [-0.15, -0.1) is 6.42 Å². The third kappa shape index (κ3) is 3.80. The molecule has 1 unspecified atom stereocenters. The molecule has 0 saturated heterocycles. The molecule has 6 heteroatoms.